The van der Waals surface area contributed by atoms with E-state index in [1.807, 2.05) is 12.2 Å². The summed E-state index contributed by atoms with van der Waals surface area (Å²) >= 11 is 0. The van der Waals surface area contributed by atoms with Gasteiger partial charge in [0.05, 0.1) is 0 Å². The molecule has 0 aromatic heterocycles. The van der Waals surface area contributed by atoms with Gasteiger partial charge in [0.1, 0.15) is 0 Å². The molecule has 0 aliphatic rings. The van der Waals surface area contributed by atoms with E-state index in [1.54, 1.807) is 0 Å². The molecule has 1 heteroatoms. The predicted molar refractivity (Wildman–Crippen MR) is 130 cm³/mol. The van der Waals surface area contributed by atoms with E-state index in [0.29, 0.717) is 0 Å². The second-order valence-electron chi connectivity index (χ2n) is 7.13. The molecule has 0 aliphatic carbocycles. The van der Waals surface area contributed by atoms with Gasteiger partial charge in [-0.1, -0.05) is 135 Å². The summed E-state index contributed by atoms with van der Waals surface area (Å²) in [5.74, 6) is 0. The highest BCUT2D eigenvalue weighted by Crippen LogP contribution is 2.12. The van der Waals surface area contributed by atoms with Crippen molar-refractivity contribution < 1.29 is 0 Å². The quantitative estimate of drug-likeness (QED) is 0.340. The lowest BCUT2D eigenvalue weighted by Crippen LogP contribution is -2.74. The van der Waals surface area contributed by atoms with Crippen LogP contribution in [-0.2, 0) is 0 Å². The van der Waals surface area contributed by atoms with E-state index in [1.165, 1.54) is 20.7 Å². The summed E-state index contributed by atoms with van der Waals surface area (Å²) in [6, 6.07) is 39.7. The third-order valence-corrected chi connectivity index (χ3v) is 10.4. The van der Waals surface area contributed by atoms with Crippen molar-refractivity contribution in [3.63, 3.8) is 0 Å². The first-order chi connectivity index (χ1) is 14.3. The van der Waals surface area contributed by atoms with Gasteiger partial charge in [-0.25, -0.2) is 0 Å². The molecule has 4 aromatic rings. The van der Waals surface area contributed by atoms with Gasteiger partial charge in [0.15, 0.2) is 8.07 Å². The van der Waals surface area contributed by atoms with Crippen molar-refractivity contribution in [1.82, 2.24) is 0 Å². The van der Waals surface area contributed by atoms with Gasteiger partial charge in [-0.05, 0) is 31.9 Å². The van der Waals surface area contributed by atoms with Gasteiger partial charge in [0.25, 0.3) is 0 Å². The smallest absolute Gasteiger partial charge is 0.0985 e. The highest BCUT2D eigenvalue weighted by Gasteiger charge is 2.41. The van der Waals surface area contributed by atoms with Gasteiger partial charge < -0.3 is 0 Å². The summed E-state index contributed by atoms with van der Waals surface area (Å²) in [6.45, 7) is 7.84. The molecule has 0 bridgehead atoms. The van der Waals surface area contributed by atoms with E-state index in [9.17, 15) is 0 Å². The van der Waals surface area contributed by atoms with Crippen LogP contribution in [0.2, 0.25) is 0 Å². The second kappa shape index (κ2) is 8.30. The molecule has 0 unspecified atom stereocenters. The van der Waals surface area contributed by atoms with Crippen molar-refractivity contribution in [1.29, 1.82) is 0 Å². The molecular weight excluding hydrogens is 364 g/mol. The van der Waals surface area contributed by atoms with Crippen molar-refractivity contribution in [2.45, 2.75) is 0 Å². The SMILES string of the molecule is C=Cc1ccc([Si](c2ccccc2)(c2ccccc2)c2ccc(C=C)cc2)cc1. The Balaban J connectivity index is 2.09. The topological polar surface area (TPSA) is 0 Å². The van der Waals surface area contributed by atoms with E-state index >= 15 is 0 Å². The van der Waals surface area contributed by atoms with E-state index in [2.05, 4.69) is 122 Å². The fraction of sp³-hybridized carbons (Fsp3) is 0. The minimum atomic E-state index is -2.44. The Morgan fingerprint density at radius 2 is 0.724 bits per heavy atom. The third kappa shape index (κ3) is 3.41. The Bertz CT molecular complexity index is 1000. The van der Waals surface area contributed by atoms with Crippen LogP contribution in [0, 0.1) is 0 Å². The Labute approximate surface area is 174 Å². The molecule has 0 saturated carbocycles. The van der Waals surface area contributed by atoms with E-state index in [-0.39, 0.29) is 0 Å². The minimum Gasteiger partial charge on any atom is -0.0985 e. The summed E-state index contributed by atoms with van der Waals surface area (Å²) < 4.78 is 0. The van der Waals surface area contributed by atoms with Crippen molar-refractivity contribution in [2.75, 3.05) is 0 Å². The molecule has 4 rings (SSSR count). The van der Waals surface area contributed by atoms with Gasteiger partial charge in [0.2, 0.25) is 0 Å². The van der Waals surface area contributed by atoms with Crippen molar-refractivity contribution in [2.24, 2.45) is 0 Å². The zero-order valence-electron chi connectivity index (χ0n) is 16.5. The molecule has 0 amide bonds. The molecule has 0 heterocycles. The summed E-state index contributed by atoms with van der Waals surface area (Å²) in [6.07, 6.45) is 3.80. The van der Waals surface area contributed by atoms with Crippen LogP contribution in [0.5, 0.6) is 0 Å². The molecule has 0 nitrogen and oxygen atoms in total. The van der Waals surface area contributed by atoms with Gasteiger partial charge in [-0.15, -0.1) is 0 Å². The van der Waals surface area contributed by atoms with Crippen molar-refractivity contribution >= 4 is 41.0 Å². The van der Waals surface area contributed by atoms with Crippen LogP contribution in [0.15, 0.2) is 122 Å². The Kier molecular flexibility index (Phi) is 5.41. The van der Waals surface area contributed by atoms with Crippen LogP contribution in [0.25, 0.3) is 12.2 Å². The minimum absolute atomic E-state index is 1.14. The average molecular weight is 389 g/mol. The zero-order valence-corrected chi connectivity index (χ0v) is 17.5. The molecule has 0 aliphatic heterocycles. The van der Waals surface area contributed by atoms with E-state index in [0.717, 1.165) is 11.1 Å². The van der Waals surface area contributed by atoms with Crippen LogP contribution in [-0.4, -0.2) is 8.07 Å². The standard InChI is InChI=1S/C28H24Si/c1-3-23-15-19-27(20-16-23)29(25-11-7-5-8-12-25,26-13-9-6-10-14-26)28-21-17-24(4-2)18-22-28/h3-22H,1-2H2. The number of hydrogen-bond acceptors (Lipinski definition) is 0. The van der Waals surface area contributed by atoms with E-state index in [4.69, 9.17) is 0 Å². The highest BCUT2D eigenvalue weighted by molar-refractivity contribution is 7.19. The maximum atomic E-state index is 3.92. The second-order valence-corrected chi connectivity index (χ2v) is 10.9. The first-order valence-corrected chi connectivity index (χ1v) is 11.9. The van der Waals surface area contributed by atoms with Gasteiger partial charge in [0, 0.05) is 0 Å². The monoisotopic (exact) mass is 388 g/mol. The van der Waals surface area contributed by atoms with Crippen molar-refractivity contribution in [3.05, 3.63) is 133 Å². The Morgan fingerprint density at radius 3 is 1.03 bits per heavy atom. The number of benzene rings is 4. The Morgan fingerprint density at radius 1 is 0.414 bits per heavy atom. The fourth-order valence-corrected chi connectivity index (χ4v) is 8.83. The first kappa shape index (κ1) is 18.9. The van der Waals surface area contributed by atoms with Gasteiger partial charge in [-0.2, -0.15) is 0 Å². The highest BCUT2D eigenvalue weighted by atomic mass is 28.3. The van der Waals surface area contributed by atoms with Crippen LogP contribution < -0.4 is 20.7 Å². The largest absolute Gasteiger partial charge is 0.179 e. The Hall–Kier alpha value is -3.42. The number of rotatable bonds is 6. The summed E-state index contributed by atoms with van der Waals surface area (Å²) in [7, 11) is -2.44. The molecule has 4 aromatic carbocycles. The van der Waals surface area contributed by atoms with Crippen LogP contribution >= 0.6 is 0 Å². The lowest BCUT2D eigenvalue weighted by molar-refractivity contribution is 1.64. The maximum absolute atomic E-state index is 3.92. The molecular formula is C28H24Si. The maximum Gasteiger partial charge on any atom is 0.179 e. The average Bonchev–Trinajstić information content (AvgIpc) is 2.82. The van der Waals surface area contributed by atoms with Crippen molar-refractivity contribution in [3.8, 4) is 0 Å². The molecule has 140 valence electrons. The third-order valence-electron chi connectivity index (χ3n) is 5.57. The molecule has 0 saturated heterocycles. The van der Waals surface area contributed by atoms with Crippen LogP contribution in [0.4, 0.5) is 0 Å². The normalized spacial score (nSPS) is 11.0. The van der Waals surface area contributed by atoms with Gasteiger partial charge >= 0.3 is 0 Å². The molecule has 0 N–H and O–H groups in total. The first-order valence-electron chi connectivity index (χ1n) is 9.86. The van der Waals surface area contributed by atoms with Crippen LogP contribution in [0.1, 0.15) is 11.1 Å². The summed E-state index contributed by atoms with van der Waals surface area (Å²) in [4.78, 5) is 0. The van der Waals surface area contributed by atoms with E-state index < -0.39 is 8.07 Å². The lowest BCUT2D eigenvalue weighted by Gasteiger charge is -2.34. The molecule has 0 fully saturated rings. The fourth-order valence-electron chi connectivity index (χ4n) is 4.11. The zero-order chi connectivity index (χ0) is 20.1. The lowest BCUT2D eigenvalue weighted by atomic mass is 10.2. The molecule has 0 spiro atoms. The molecule has 29 heavy (non-hydrogen) atoms. The predicted octanol–water partition coefficient (Wildman–Crippen LogP) is 4.35. The van der Waals surface area contributed by atoms with Crippen LogP contribution in [0.3, 0.4) is 0 Å². The molecule has 0 atom stereocenters. The number of hydrogen-bond donors (Lipinski definition) is 0. The molecule has 0 radical (unpaired) electrons. The van der Waals surface area contributed by atoms with Gasteiger partial charge in [-0.3, -0.25) is 0 Å². The summed E-state index contributed by atoms with van der Waals surface area (Å²) in [5.41, 5.74) is 2.28. The summed E-state index contributed by atoms with van der Waals surface area (Å²) in [5, 5.41) is 5.49.